The molecule has 0 spiro atoms. The zero-order valence-electron chi connectivity index (χ0n) is 10.9. The van der Waals surface area contributed by atoms with Crippen LogP contribution in [0.15, 0.2) is 14.1 Å². The number of halogens is 1. The molecule has 0 fully saturated rings. The molecule has 2 N–H and O–H groups in total. The zero-order valence-corrected chi connectivity index (χ0v) is 14.1. The molecule has 1 aromatic heterocycles. The fraction of sp³-hybridized carbons (Fsp3) is 0.500. The number of aryl methyl sites for hydroxylation is 1. The average Bonchev–Trinajstić information content (AvgIpc) is 2.65. The minimum absolute atomic E-state index is 0.149. The van der Waals surface area contributed by atoms with Crippen LogP contribution >= 0.6 is 27.3 Å². The lowest BCUT2D eigenvalue weighted by atomic mass is 10.4. The molecule has 6 nitrogen and oxygen atoms in total. The molecule has 0 saturated heterocycles. The number of urea groups is 1. The molecule has 0 aliphatic rings. The van der Waals surface area contributed by atoms with Gasteiger partial charge in [-0.3, -0.25) is 0 Å². The molecule has 0 aliphatic carbocycles. The number of nitrogens with zero attached hydrogens (tertiary/aromatic N) is 1. The minimum Gasteiger partial charge on any atom is -0.337 e. The van der Waals surface area contributed by atoms with E-state index in [-0.39, 0.29) is 23.3 Å². The number of carbonyl (C=O) groups is 1. The molecule has 1 rings (SSSR count). The summed E-state index contributed by atoms with van der Waals surface area (Å²) in [6, 6.07) is 1.35. The smallest absolute Gasteiger partial charge is 0.316 e. The van der Waals surface area contributed by atoms with E-state index in [1.54, 1.807) is 20.2 Å². The molecule has 0 bridgehead atoms. The Morgan fingerprint density at radius 3 is 2.53 bits per heavy atom. The van der Waals surface area contributed by atoms with Crippen LogP contribution in [0.2, 0.25) is 0 Å². The minimum atomic E-state index is -3.51. The van der Waals surface area contributed by atoms with Crippen molar-refractivity contribution in [2.75, 3.05) is 27.2 Å². The maximum Gasteiger partial charge on any atom is 0.316 e. The molecule has 0 aliphatic heterocycles. The molecule has 2 amide bonds. The fourth-order valence-electron chi connectivity index (χ4n) is 1.15. The average molecular weight is 370 g/mol. The maximum atomic E-state index is 11.9. The van der Waals surface area contributed by atoms with Crippen LogP contribution in [0.5, 0.6) is 0 Å². The van der Waals surface area contributed by atoms with E-state index in [1.165, 1.54) is 4.90 Å². The summed E-state index contributed by atoms with van der Waals surface area (Å²) in [6.45, 7) is 2.22. The van der Waals surface area contributed by atoms with Gasteiger partial charge in [-0.2, -0.15) is 0 Å². The van der Waals surface area contributed by atoms with Crippen molar-refractivity contribution in [1.29, 1.82) is 0 Å². The van der Waals surface area contributed by atoms with Crippen molar-refractivity contribution in [3.63, 3.8) is 0 Å². The number of rotatable bonds is 5. The van der Waals surface area contributed by atoms with Gasteiger partial charge in [-0.05, 0) is 34.5 Å². The van der Waals surface area contributed by atoms with Gasteiger partial charge in [-0.15, -0.1) is 11.3 Å². The molecule has 1 heterocycles. The van der Waals surface area contributed by atoms with E-state index in [2.05, 4.69) is 26.0 Å². The number of nitrogens with one attached hydrogen (secondary N) is 2. The summed E-state index contributed by atoms with van der Waals surface area (Å²) in [5, 5.41) is 2.58. The first-order chi connectivity index (χ1) is 8.74. The van der Waals surface area contributed by atoms with Crippen LogP contribution < -0.4 is 10.0 Å². The van der Waals surface area contributed by atoms with Crippen LogP contribution in [0.1, 0.15) is 5.56 Å². The Kier molecular flexibility index (Phi) is 5.78. The van der Waals surface area contributed by atoms with Crippen molar-refractivity contribution in [2.24, 2.45) is 0 Å². The Bertz CT molecular complexity index is 535. The van der Waals surface area contributed by atoms with Gasteiger partial charge >= 0.3 is 6.03 Å². The van der Waals surface area contributed by atoms with Gasteiger partial charge in [-0.1, -0.05) is 0 Å². The van der Waals surface area contributed by atoms with Crippen LogP contribution in [0, 0.1) is 6.92 Å². The second-order valence-electron chi connectivity index (χ2n) is 4.05. The lowest BCUT2D eigenvalue weighted by Gasteiger charge is -2.12. The highest BCUT2D eigenvalue weighted by Crippen LogP contribution is 2.30. The summed E-state index contributed by atoms with van der Waals surface area (Å²) in [6.07, 6.45) is 0. The highest BCUT2D eigenvalue weighted by Gasteiger charge is 2.17. The number of hydrogen-bond donors (Lipinski definition) is 2. The molecule has 0 radical (unpaired) electrons. The van der Waals surface area contributed by atoms with Gasteiger partial charge < -0.3 is 10.2 Å². The van der Waals surface area contributed by atoms with E-state index >= 15 is 0 Å². The quantitative estimate of drug-likeness (QED) is 0.769. The van der Waals surface area contributed by atoms with Crippen LogP contribution in [-0.2, 0) is 10.0 Å². The molecule has 0 aromatic carbocycles. The van der Waals surface area contributed by atoms with Crippen molar-refractivity contribution in [1.82, 2.24) is 14.9 Å². The van der Waals surface area contributed by atoms with Crippen LogP contribution in [0.25, 0.3) is 0 Å². The summed E-state index contributed by atoms with van der Waals surface area (Å²) in [5.41, 5.74) is 0.881. The Hall–Kier alpha value is -0.640. The number of thiophene rings is 1. The predicted molar refractivity (Wildman–Crippen MR) is 79.0 cm³/mol. The van der Waals surface area contributed by atoms with Crippen molar-refractivity contribution in [3.05, 3.63) is 15.4 Å². The van der Waals surface area contributed by atoms with E-state index in [0.717, 1.165) is 20.7 Å². The van der Waals surface area contributed by atoms with Crippen LogP contribution in [0.4, 0.5) is 4.79 Å². The number of carbonyl (C=O) groups excluding carboxylic acids is 1. The SMILES string of the molecule is Cc1cc(S(=O)(=O)NCCNC(=O)N(C)C)sc1Br. The van der Waals surface area contributed by atoms with Gasteiger partial charge in [0.05, 0.1) is 3.79 Å². The summed E-state index contributed by atoms with van der Waals surface area (Å²) in [4.78, 5) is 12.6. The molecule has 0 unspecified atom stereocenters. The molecule has 1 aromatic rings. The summed E-state index contributed by atoms with van der Waals surface area (Å²) in [5.74, 6) is 0. The molecule has 19 heavy (non-hydrogen) atoms. The Balaban J connectivity index is 2.50. The second-order valence-corrected chi connectivity index (χ2v) is 8.41. The van der Waals surface area contributed by atoms with E-state index in [0.29, 0.717) is 0 Å². The van der Waals surface area contributed by atoms with Crippen molar-refractivity contribution in [3.8, 4) is 0 Å². The van der Waals surface area contributed by atoms with Gasteiger partial charge in [0.25, 0.3) is 0 Å². The highest BCUT2D eigenvalue weighted by atomic mass is 79.9. The third kappa shape index (κ3) is 4.75. The lowest BCUT2D eigenvalue weighted by Crippen LogP contribution is -2.39. The molecule has 0 saturated carbocycles. The van der Waals surface area contributed by atoms with Crippen molar-refractivity contribution >= 4 is 43.3 Å². The first-order valence-corrected chi connectivity index (χ1v) is 8.54. The Labute approximate surface area is 125 Å². The number of hydrogen-bond acceptors (Lipinski definition) is 4. The number of amides is 2. The van der Waals surface area contributed by atoms with E-state index < -0.39 is 10.0 Å². The normalized spacial score (nSPS) is 11.4. The van der Waals surface area contributed by atoms with Gasteiger partial charge in [0, 0.05) is 27.2 Å². The monoisotopic (exact) mass is 369 g/mol. The topological polar surface area (TPSA) is 78.5 Å². The standard InChI is InChI=1S/C10H16BrN3O3S2/c1-7-6-8(18-9(7)11)19(16,17)13-5-4-12-10(15)14(2)3/h6,13H,4-5H2,1-3H3,(H,12,15). The molecule has 9 heteroatoms. The second kappa shape index (κ2) is 6.69. The van der Waals surface area contributed by atoms with Gasteiger partial charge in [0.2, 0.25) is 10.0 Å². The first kappa shape index (κ1) is 16.4. The van der Waals surface area contributed by atoms with Crippen LogP contribution in [0.3, 0.4) is 0 Å². The van der Waals surface area contributed by atoms with Gasteiger partial charge in [0.1, 0.15) is 4.21 Å². The van der Waals surface area contributed by atoms with Crippen LogP contribution in [-0.4, -0.2) is 46.5 Å². The Morgan fingerprint density at radius 2 is 2.05 bits per heavy atom. The van der Waals surface area contributed by atoms with Crippen molar-refractivity contribution < 1.29 is 13.2 Å². The third-order valence-electron chi connectivity index (χ3n) is 2.20. The maximum absolute atomic E-state index is 11.9. The summed E-state index contributed by atoms with van der Waals surface area (Å²) >= 11 is 4.45. The van der Waals surface area contributed by atoms with Gasteiger partial charge in [0.15, 0.2) is 0 Å². The van der Waals surface area contributed by atoms with E-state index in [9.17, 15) is 13.2 Å². The van der Waals surface area contributed by atoms with E-state index in [1.807, 2.05) is 6.92 Å². The van der Waals surface area contributed by atoms with Crippen molar-refractivity contribution in [2.45, 2.75) is 11.1 Å². The van der Waals surface area contributed by atoms with E-state index in [4.69, 9.17) is 0 Å². The van der Waals surface area contributed by atoms with Gasteiger partial charge in [-0.25, -0.2) is 17.9 Å². The summed E-state index contributed by atoms with van der Waals surface area (Å²) < 4.78 is 27.4. The summed E-state index contributed by atoms with van der Waals surface area (Å²) in [7, 11) is -0.273. The predicted octanol–water partition coefficient (Wildman–Crippen LogP) is 1.37. The highest BCUT2D eigenvalue weighted by molar-refractivity contribution is 9.11. The molecule has 108 valence electrons. The molecule has 0 atom stereocenters. The fourth-order valence-corrected chi connectivity index (χ4v) is 4.45. The lowest BCUT2D eigenvalue weighted by molar-refractivity contribution is 0.217. The largest absolute Gasteiger partial charge is 0.337 e. The zero-order chi connectivity index (χ0) is 14.6. The third-order valence-corrected chi connectivity index (χ3v) is 6.27. The molecular formula is C10H16BrN3O3S2. The Morgan fingerprint density at radius 1 is 1.42 bits per heavy atom. The number of sulfonamides is 1. The molecular weight excluding hydrogens is 354 g/mol. The first-order valence-electron chi connectivity index (χ1n) is 5.45.